The standard InChI is InChI=1S/C16H17FN2O/c1-3-12-4-7-14(8-5-12)18-16(20)19-15-9-6-13(17)10-11(15)2/h4-10H,3H2,1-2H3,(H2,18,19,20). The highest BCUT2D eigenvalue weighted by Gasteiger charge is 2.05. The minimum Gasteiger partial charge on any atom is -0.308 e. The molecule has 0 radical (unpaired) electrons. The summed E-state index contributed by atoms with van der Waals surface area (Å²) in [6.45, 7) is 3.82. The van der Waals surface area contributed by atoms with E-state index in [0.717, 1.165) is 12.1 Å². The van der Waals surface area contributed by atoms with E-state index in [0.29, 0.717) is 11.3 Å². The number of hydrogen-bond donors (Lipinski definition) is 2. The maximum absolute atomic E-state index is 13.0. The molecule has 0 heterocycles. The molecule has 0 spiro atoms. The summed E-state index contributed by atoms with van der Waals surface area (Å²) in [4.78, 5) is 11.9. The first-order chi connectivity index (χ1) is 9.58. The van der Waals surface area contributed by atoms with Crippen LogP contribution in [-0.4, -0.2) is 6.03 Å². The zero-order chi connectivity index (χ0) is 14.5. The van der Waals surface area contributed by atoms with Crippen molar-refractivity contribution in [2.75, 3.05) is 10.6 Å². The largest absolute Gasteiger partial charge is 0.323 e. The number of aryl methyl sites for hydroxylation is 2. The maximum atomic E-state index is 13.0. The molecule has 0 atom stereocenters. The van der Waals surface area contributed by atoms with Gasteiger partial charge < -0.3 is 10.6 Å². The van der Waals surface area contributed by atoms with Crippen LogP contribution < -0.4 is 10.6 Å². The highest BCUT2D eigenvalue weighted by atomic mass is 19.1. The molecule has 2 N–H and O–H groups in total. The van der Waals surface area contributed by atoms with Gasteiger partial charge in [0.25, 0.3) is 0 Å². The van der Waals surface area contributed by atoms with Crippen LogP contribution in [0.15, 0.2) is 42.5 Å². The van der Waals surface area contributed by atoms with E-state index < -0.39 is 0 Å². The lowest BCUT2D eigenvalue weighted by atomic mass is 10.1. The summed E-state index contributed by atoms with van der Waals surface area (Å²) in [6.07, 6.45) is 0.960. The summed E-state index contributed by atoms with van der Waals surface area (Å²) in [6, 6.07) is 11.6. The van der Waals surface area contributed by atoms with E-state index in [1.807, 2.05) is 24.3 Å². The molecule has 0 unspecified atom stereocenters. The van der Waals surface area contributed by atoms with Crippen LogP contribution in [0.4, 0.5) is 20.6 Å². The van der Waals surface area contributed by atoms with Crippen LogP contribution in [0.2, 0.25) is 0 Å². The summed E-state index contributed by atoms with van der Waals surface area (Å²) in [7, 11) is 0. The predicted octanol–water partition coefficient (Wildman–Crippen LogP) is 4.34. The summed E-state index contributed by atoms with van der Waals surface area (Å²) in [5.74, 6) is -0.316. The van der Waals surface area contributed by atoms with Crippen molar-refractivity contribution in [1.29, 1.82) is 0 Å². The highest BCUT2D eigenvalue weighted by Crippen LogP contribution is 2.16. The molecule has 0 bridgehead atoms. The van der Waals surface area contributed by atoms with E-state index in [1.54, 1.807) is 13.0 Å². The lowest BCUT2D eigenvalue weighted by molar-refractivity contribution is 0.262. The molecule has 0 aromatic heterocycles. The average Bonchev–Trinajstić information content (AvgIpc) is 2.43. The lowest BCUT2D eigenvalue weighted by Crippen LogP contribution is -2.19. The summed E-state index contributed by atoms with van der Waals surface area (Å²) in [5.41, 5.74) is 3.21. The van der Waals surface area contributed by atoms with Gasteiger partial charge in [-0.1, -0.05) is 19.1 Å². The first kappa shape index (κ1) is 14.1. The fourth-order valence-corrected chi connectivity index (χ4v) is 1.88. The second kappa shape index (κ2) is 6.19. The van der Waals surface area contributed by atoms with Crippen molar-refractivity contribution in [3.63, 3.8) is 0 Å². The van der Waals surface area contributed by atoms with Gasteiger partial charge in [-0.15, -0.1) is 0 Å². The van der Waals surface area contributed by atoms with Crippen LogP contribution in [0.3, 0.4) is 0 Å². The molecule has 2 rings (SSSR count). The van der Waals surface area contributed by atoms with Crippen molar-refractivity contribution >= 4 is 17.4 Å². The van der Waals surface area contributed by atoms with E-state index in [1.165, 1.54) is 17.7 Å². The van der Waals surface area contributed by atoms with Gasteiger partial charge in [-0.2, -0.15) is 0 Å². The average molecular weight is 272 g/mol. The number of nitrogens with one attached hydrogen (secondary N) is 2. The summed E-state index contributed by atoms with van der Waals surface area (Å²) in [5, 5.41) is 5.44. The molecule has 104 valence electrons. The summed E-state index contributed by atoms with van der Waals surface area (Å²) < 4.78 is 13.0. The number of carbonyl (C=O) groups excluding carboxylic acids is 1. The monoisotopic (exact) mass is 272 g/mol. The Morgan fingerprint density at radius 1 is 1.10 bits per heavy atom. The molecule has 0 aliphatic rings. The van der Waals surface area contributed by atoms with E-state index in [2.05, 4.69) is 17.6 Å². The van der Waals surface area contributed by atoms with Crippen molar-refractivity contribution in [3.05, 3.63) is 59.4 Å². The van der Waals surface area contributed by atoms with Crippen molar-refractivity contribution in [2.24, 2.45) is 0 Å². The lowest BCUT2D eigenvalue weighted by Gasteiger charge is -2.10. The van der Waals surface area contributed by atoms with E-state index in [9.17, 15) is 9.18 Å². The van der Waals surface area contributed by atoms with Crippen LogP contribution >= 0.6 is 0 Å². The number of amides is 2. The molecular formula is C16H17FN2O. The Bertz CT molecular complexity index is 608. The third-order valence-electron chi connectivity index (χ3n) is 3.06. The number of rotatable bonds is 3. The van der Waals surface area contributed by atoms with E-state index in [4.69, 9.17) is 0 Å². The van der Waals surface area contributed by atoms with E-state index >= 15 is 0 Å². The van der Waals surface area contributed by atoms with Gasteiger partial charge in [0.2, 0.25) is 0 Å². The number of hydrogen-bond acceptors (Lipinski definition) is 1. The SMILES string of the molecule is CCc1ccc(NC(=O)Nc2ccc(F)cc2C)cc1. The third kappa shape index (κ3) is 3.57. The molecule has 0 saturated carbocycles. The number of benzene rings is 2. The van der Waals surface area contributed by atoms with Gasteiger partial charge in [0, 0.05) is 11.4 Å². The topological polar surface area (TPSA) is 41.1 Å². The van der Waals surface area contributed by atoms with Gasteiger partial charge in [0.05, 0.1) is 0 Å². The van der Waals surface area contributed by atoms with Crippen LogP contribution in [0.5, 0.6) is 0 Å². The van der Waals surface area contributed by atoms with Crippen molar-refractivity contribution in [3.8, 4) is 0 Å². The zero-order valence-electron chi connectivity index (χ0n) is 11.5. The Morgan fingerprint density at radius 2 is 1.80 bits per heavy atom. The first-order valence-corrected chi connectivity index (χ1v) is 6.51. The quantitative estimate of drug-likeness (QED) is 0.857. The smallest absolute Gasteiger partial charge is 0.308 e. The van der Waals surface area contributed by atoms with E-state index in [-0.39, 0.29) is 11.8 Å². The number of urea groups is 1. The molecule has 4 heteroatoms. The van der Waals surface area contributed by atoms with Gasteiger partial charge >= 0.3 is 6.03 Å². The Hall–Kier alpha value is -2.36. The minimum atomic E-state index is -0.344. The molecule has 2 aromatic carbocycles. The minimum absolute atomic E-state index is 0.316. The van der Waals surface area contributed by atoms with Gasteiger partial charge in [-0.3, -0.25) is 0 Å². The van der Waals surface area contributed by atoms with Crippen LogP contribution in [0.1, 0.15) is 18.1 Å². The highest BCUT2D eigenvalue weighted by molar-refractivity contribution is 6.00. The molecule has 2 aromatic rings. The molecule has 0 aliphatic heterocycles. The second-order valence-corrected chi connectivity index (χ2v) is 4.59. The maximum Gasteiger partial charge on any atom is 0.323 e. The summed E-state index contributed by atoms with van der Waals surface area (Å²) >= 11 is 0. The van der Waals surface area contributed by atoms with Gasteiger partial charge in [0.1, 0.15) is 5.82 Å². The van der Waals surface area contributed by atoms with Crippen molar-refractivity contribution in [1.82, 2.24) is 0 Å². The number of halogens is 1. The normalized spacial score (nSPS) is 10.2. The van der Waals surface area contributed by atoms with Gasteiger partial charge in [0.15, 0.2) is 0 Å². The Kier molecular flexibility index (Phi) is 4.35. The van der Waals surface area contributed by atoms with Gasteiger partial charge in [-0.05, 0) is 54.8 Å². The first-order valence-electron chi connectivity index (χ1n) is 6.51. The molecule has 0 saturated heterocycles. The Balaban J connectivity index is 2.01. The fraction of sp³-hybridized carbons (Fsp3) is 0.188. The number of anilines is 2. The number of carbonyl (C=O) groups is 1. The second-order valence-electron chi connectivity index (χ2n) is 4.59. The van der Waals surface area contributed by atoms with Crippen LogP contribution in [0.25, 0.3) is 0 Å². The fourth-order valence-electron chi connectivity index (χ4n) is 1.88. The van der Waals surface area contributed by atoms with Crippen LogP contribution in [0, 0.1) is 12.7 Å². The molecule has 2 amide bonds. The molecule has 3 nitrogen and oxygen atoms in total. The Morgan fingerprint density at radius 3 is 2.40 bits per heavy atom. The van der Waals surface area contributed by atoms with Crippen molar-refractivity contribution < 1.29 is 9.18 Å². The van der Waals surface area contributed by atoms with Crippen molar-refractivity contribution in [2.45, 2.75) is 20.3 Å². The molecule has 0 fully saturated rings. The Labute approximate surface area is 117 Å². The van der Waals surface area contributed by atoms with Crippen LogP contribution in [-0.2, 0) is 6.42 Å². The third-order valence-corrected chi connectivity index (χ3v) is 3.06. The van der Waals surface area contributed by atoms with Gasteiger partial charge in [-0.25, -0.2) is 9.18 Å². The molecular weight excluding hydrogens is 255 g/mol. The zero-order valence-corrected chi connectivity index (χ0v) is 11.5. The predicted molar refractivity (Wildman–Crippen MR) is 79.6 cm³/mol. The molecule has 0 aliphatic carbocycles. The molecule has 20 heavy (non-hydrogen) atoms.